The molecule has 0 N–H and O–H groups in total. The van der Waals surface area contributed by atoms with E-state index in [2.05, 4.69) is 10.2 Å². The zero-order valence-corrected chi connectivity index (χ0v) is 16.8. The number of sulfonamides is 1. The van der Waals surface area contributed by atoms with Crippen molar-refractivity contribution in [3.63, 3.8) is 0 Å². The largest absolute Gasteiger partial charge is 0.285 e. The third-order valence-corrected chi connectivity index (χ3v) is 6.56. The molecule has 0 atom stereocenters. The fraction of sp³-hybridized carbons (Fsp3) is 0.143. The molecule has 0 saturated carbocycles. The zero-order chi connectivity index (χ0) is 20.6. The van der Waals surface area contributed by atoms with Crippen molar-refractivity contribution in [1.82, 2.24) is 14.6 Å². The van der Waals surface area contributed by atoms with Crippen LogP contribution in [0.1, 0.15) is 17.0 Å². The topological polar surface area (TPSA) is 67.6 Å². The number of benzene rings is 2. The molecule has 0 aliphatic rings. The third-order valence-electron chi connectivity index (χ3n) is 4.81. The minimum absolute atomic E-state index is 0.0748. The van der Waals surface area contributed by atoms with Crippen LogP contribution >= 0.6 is 0 Å². The molecule has 0 aliphatic carbocycles. The van der Waals surface area contributed by atoms with Gasteiger partial charge in [-0.15, -0.1) is 10.2 Å². The van der Waals surface area contributed by atoms with Gasteiger partial charge in [-0.1, -0.05) is 30.3 Å². The van der Waals surface area contributed by atoms with Gasteiger partial charge < -0.3 is 0 Å². The van der Waals surface area contributed by atoms with E-state index in [1.54, 1.807) is 23.5 Å². The van der Waals surface area contributed by atoms with E-state index in [-0.39, 0.29) is 17.1 Å². The summed E-state index contributed by atoms with van der Waals surface area (Å²) in [6.45, 7) is 3.74. The summed E-state index contributed by atoms with van der Waals surface area (Å²) in [6, 6.07) is 16.2. The molecule has 0 spiro atoms. The number of aromatic nitrogens is 3. The second kappa shape index (κ2) is 7.29. The van der Waals surface area contributed by atoms with Gasteiger partial charge in [-0.05, 0) is 55.3 Å². The van der Waals surface area contributed by atoms with E-state index in [0.29, 0.717) is 11.5 Å². The Bertz CT molecular complexity index is 1300. The van der Waals surface area contributed by atoms with E-state index in [0.717, 1.165) is 11.1 Å². The van der Waals surface area contributed by atoms with E-state index in [4.69, 9.17) is 0 Å². The highest BCUT2D eigenvalue weighted by molar-refractivity contribution is 7.92. The first kappa shape index (κ1) is 19.1. The highest BCUT2D eigenvalue weighted by atomic mass is 32.2. The van der Waals surface area contributed by atoms with E-state index >= 15 is 0 Å². The highest BCUT2D eigenvalue weighted by Crippen LogP contribution is 2.27. The molecule has 4 rings (SSSR count). The Kier molecular flexibility index (Phi) is 4.79. The molecule has 2 aromatic carbocycles. The Hall–Kier alpha value is -3.26. The minimum Gasteiger partial charge on any atom is -0.285 e. The van der Waals surface area contributed by atoms with E-state index in [9.17, 15) is 12.8 Å². The van der Waals surface area contributed by atoms with Gasteiger partial charge in [0.1, 0.15) is 16.5 Å². The molecule has 0 fully saturated rings. The van der Waals surface area contributed by atoms with Crippen molar-refractivity contribution >= 4 is 21.4 Å². The van der Waals surface area contributed by atoms with Crippen molar-refractivity contribution in [1.29, 1.82) is 0 Å². The molecule has 0 bridgehead atoms. The molecule has 0 saturated heterocycles. The normalized spacial score (nSPS) is 11.7. The number of pyridine rings is 1. The van der Waals surface area contributed by atoms with Crippen LogP contribution in [0.3, 0.4) is 0 Å². The van der Waals surface area contributed by atoms with Crippen LogP contribution < -0.4 is 4.31 Å². The molecule has 0 amide bonds. The molecule has 29 heavy (non-hydrogen) atoms. The van der Waals surface area contributed by atoms with Crippen LogP contribution in [0.15, 0.2) is 71.8 Å². The maximum absolute atomic E-state index is 13.9. The first-order valence-electron chi connectivity index (χ1n) is 9.00. The van der Waals surface area contributed by atoms with Crippen molar-refractivity contribution in [2.45, 2.75) is 25.3 Å². The molecule has 4 aromatic rings. The number of hydrogen-bond acceptors (Lipinski definition) is 4. The number of fused-ring (bicyclic) bond motifs is 1. The monoisotopic (exact) mass is 410 g/mol. The molecule has 0 unspecified atom stereocenters. The van der Waals surface area contributed by atoms with Crippen LogP contribution in [-0.2, 0) is 16.6 Å². The fourth-order valence-electron chi connectivity index (χ4n) is 3.15. The number of aryl methyl sites for hydroxylation is 2. The van der Waals surface area contributed by atoms with Gasteiger partial charge in [-0.2, -0.15) is 0 Å². The summed E-state index contributed by atoms with van der Waals surface area (Å²) in [5, 5.41) is 7.96. The SMILES string of the molecule is Cc1ccccc1CN(c1cccc(F)c1)S(=O)(=O)c1ccc2nnc(C)n2c1. The molecule has 8 heteroatoms. The molecule has 2 aromatic heterocycles. The van der Waals surface area contributed by atoms with Crippen molar-refractivity contribution in [3.05, 3.63) is 89.6 Å². The summed E-state index contributed by atoms with van der Waals surface area (Å²) in [5.41, 5.74) is 2.60. The third kappa shape index (κ3) is 3.58. The lowest BCUT2D eigenvalue weighted by atomic mass is 10.1. The second-order valence-electron chi connectivity index (χ2n) is 6.76. The molecule has 0 aliphatic heterocycles. The van der Waals surface area contributed by atoms with Gasteiger partial charge >= 0.3 is 0 Å². The summed E-state index contributed by atoms with van der Waals surface area (Å²) >= 11 is 0. The summed E-state index contributed by atoms with van der Waals surface area (Å²) in [7, 11) is -3.98. The molecule has 2 heterocycles. The summed E-state index contributed by atoms with van der Waals surface area (Å²) < 4.78 is 43.9. The average Bonchev–Trinajstić information content (AvgIpc) is 3.07. The Morgan fingerprint density at radius 3 is 2.55 bits per heavy atom. The van der Waals surface area contributed by atoms with Crippen molar-refractivity contribution in [2.75, 3.05) is 4.31 Å². The van der Waals surface area contributed by atoms with Crippen molar-refractivity contribution in [2.24, 2.45) is 0 Å². The lowest BCUT2D eigenvalue weighted by Crippen LogP contribution is -2.31. The number of anilines is 1. The van der Waals surface area contributed by atoms with Crippen LogP contribution in [0, 0.1) is 19.7 Å². The van der Waals surface area contributed by atoms with Crippen molar-refractivity contribution in [3.8, 4) is 0 Å². The average molecular weight is 410 g/mol. The number of halogens is 1. The van der Waals surface area contributed by atoms with Gasteiger partial charge in [-0.3, -0.25) is 8.71 Å². The van der Waals surface area contributed by atoms with Crippen LogP contribution in [0.4, 0.5) is 10.1 Å². The highest BCUT2D eigenvalue weighted by Gasteiger charge is 2.27. The predicted molar refractivity (Wildman–Crippen MR) is 109 cm³/mol. The van der Waals surface area contributed by atoms with Crippen molar-refractivity contribution < 1.29 is 12.8 Å². The summed E-state index contributed by atoms with van der Waals surface area (Å²) in [5.74, 6) is 0.0749. The van der Waals surface area contributed by atoms with Crippen LogP contribution in [0.2, 0.25) is 0 Å². The summed E-state index contributed by atoms with van der Waals surface area (Å²) in [6.07, 6.45) is 1.49. The molecular weight excluding hydrogens is 391 g/mol. The lowest BCUT2D eigenvalue weighted by Gasteiger charge is -2.25. The maximum Gasteiger partial charge on any atom is 0.266 e. The van der Waals surface area contributed by atoms with Gasteiger partial charge in [0, 0.05) is 6.20 Å². The minimum atomic E-state index is -3.98. The fourth-order valence-corrected chi connectivity index (χ4v) is 4.59. The molecule has 0 radical (unpaired) electrons. The van der Waals surface area contributed by atoms with E-state index in [1.165, 1.54) is 34.8 Å². The van der Waals surface area contributed by atoms with Gasteiger partial charge in [0.15, 0.2) is 5.65 Å². The first-order chi connectivity index (χ1) is 13.9. The number of rotatable bonds is 5. The maximum atomic E-state index is 13.9. The standard InChI is InChI=1S/C21H19FN4O2S/c1-15-6-3-4-7-17(15)13-26(19-9-5-8-18(22)12-19)29(27,28)20-10-11-21-24-23-16(2)25(21)14-20/h3-12,14H,13H2,1-2H3. The van der Waals surface area contributed by atoms with Gasteiger partial charge in [0.05, 0.1) is 12.2 Å². The van der Waals surface area contributed by atoms with Gasteiger partial charge in [0.2, 0.25) is 0 Å². The van der Waals surface area contributed by atoms with Crippen LogP contribution in [-0.4, -0.2) is 23.0 Å². The zero-order valence-electron chi connectivity index (χ0n) is 15.9. The Morgan fingerprint density at radius 1 is 1.00 bits per heavy atom. The molecular formula is C21H19FN4O2S. The van der Waals surface area contributed by atoms with E-state index in [1.807, 2.05) is 31.2 Å². The smallest absolute Gasteiger partial charge is 0.266 e. The Balaban J connectivity index is 1.86. The van der Waals surface area contributed by atoms with E-state index < -0.39 is 15.8 Å². The quantitative estimate of drug-likeness (QED) is 0.501. The summed E-state index contributed by atoms with van der Waals surface area (Å²) in [4.78, 5) is 0.0748. The molecule has 6 nitrogen and oxygen atoms in total. The van der Waals surface area contributed by atoms with Gasteiger partial charge in [0.25, 0.3) is 10.0 Å². The Labute approximate surface area is 168 Å². The van der Waals surface area contributed by atoms with Gasteiger partial charge in [-0.25, -0.2) is 12.8 Å². The lowest BCUT2D eigenvalue weighted by molar-refractivity contribution is 0.589. The Morgan fingerprint density at radius 2 is 1.79 bits per heavy atom. The predicted octanol–water partition coefficient (Wildman–Crippen LogP) is 3.88. The van der Waals surface area contributed by atoms with Crippen LogP contribution in [0.5, 0.6) is 0 Å². The number of nitrogens with zero attached hydrogens (tertiary/aromatic N) is 4. The van der Waals surface area contributed by atoms with Crippen LogP contribution in [0.25, 0.3) is 5.65 Å². The second-order valence-corrected chi connectivity index (χ2v) is 8.62. The molecule has 148 valence electrons. The number of hydrogen-bond donors (Lipinski definition) is 0. The first-order valence-corrected chi connectivity index (χ1v) is 10.4.